The number of nitrogen functional groups attached to an aromatic ring is 1. The summed E-state index contributed by atoms with van der Waals surface area (Å²) < 4.78 is 20.0. The third kappa shape index (κ3) is 3.33. The molecule has 0 saturated heterocycles. The lowest BCUT2D eigenvalue weighted by molar-refractivity contribution is 0.285. The zero-order chi connectivity index (χ0) is 17.4. The van der Waals surface area contributed by atoms with E-state index in [0.29, 0.717) is 29.5 Å². The minimum absolute atomic E-state index is 0.282. The van der Waals surface area contributed by atoms with Crippen molar-refractivity contribution in [1.82, 2.24) is 15.0 Å². The number of nitrogens with two attached hydrogens (primary N) is 1. The first-order valence-corrected chi connectivity index (χ1v) is 8.31. The van der Waals surface area contributed by atoms with Crippen molar-refractivity contribution in [2.75, 3.05) is 12.3 Å². The molecule has 1 fully saturated rings. The smallest absolute Gasteiger partial charge is 0.198 e. The van der Waals surface area contributed by atoms with Crippen LogP contribution in [0, 0.1) is 18.7 Å². The highest BCUT2D eigenvalue weighted by atomic mass is 19.1. The predicted octanol–water partition coefficient (Wildman–Crippen LogP) is 3.96. The standard InChI is InChI=1S/C19H19FN4O/c1-11-8-14(6-7-22-11)18-17(23-19(21)24-18)13-4-5-16(15(20)9-13)25-10-12-2-3-12/h4-9,12H,2-3,10H2,1H3,(H3,21,23,24). The van der Waals surface area contributed by atoms with Crippen LogP contribution >= 0.6 is 0 Å². The lowest BCUT2D eigenvalue weighted by atomic mass is 10.0. The first-order chi connectivity index (χ1) is 12.1. The number of aromatic amines is 1. The molecule has 1 saturated carbocycles. The van der Waals surface area contributed by atoms with Crippen LogP contribution in [0.3, 0.4) is 0 Å². The van der Waals surface area contributed by atoms with Gasteiger partial charge in [0.05, 0.1) is 18.0 Å². The third-order valence-corrected chi connectivity index (χ3v) is 4.28. The molecule has 6 heteroatoms. The Labute approximate surface area is 145 Å². The number of aryl methyl sites for hydroxylation is 1. The lowest BCUT2D eigenvalue weighted by Gasteiger charge is -2.09. The van der Waals surface area contributed by atoms with Gasteiger partial charge >= 0.3 is 0 Å². The maximum absolute atomic E-state index is 14.4. The molecule has 0 spiro atoms. The van der Waals surface area contributed by atoms with Crippen molar-refractivity contribution in [3.8, 4) is 28.3 Å². The normalized spacial score (nSPS) is 13.8. The van der Waals surface area contributed by atoms with Gasteiger partial charge in [-0.3, -0.25) is 4.98 Å². The molecule has 0 aliphatic heterocycles. The first-order valence-electron chi connectivity index (χ1n) is 8.31. The van der Waals surface area contributed by atoms with Crippen molar-refractivity contribution in [2.45, 2.75) is 19.8 Å². The average Bonchev–Trinajstić information content (AvgIpc) is 3.34. The Hall–Kier alpha value is -2.89. The van der Waals surface area contributed by atoms with Crippen molar-refractivity contribution in [2.24, 2.45) is 5.92 Å². The Balaban J connectivity index is 1.68. The van der Waals surface area contributed by atoms with E-state index in [9.17, 15) is 4.39 Å². The molecule has 2 aromatic heterocycles. The summed E-state index contributed by atoms with van der Waals surface area (Å²) in [7, 11) is 0. The number of anilines is 1. The van der Waals surface area contributed by atoms with Crippen LogP contribution in [-0.4, -0.2) is 21.6 Å². The number of imidazole rings is 1. The van der Waals surface area contributed by atoms with Gasteiger partial charge in [-0.1, -0.05) is 0 Å². The Kier molecular flexibility index (Phi) is 3.87. The molecule has 0 bridgehead atoms. The molecular formula is C19H19FN4O. The van der Waals surface area contributed by atoms with Gasteiger partial charge in [-0.25, -0.2) is 9.37 Å². The molecule has 5 nitrogen and oxygen atoms in total. The minimum Gasteiger partial charge on any atom is -0.490 e. The van der Waals surface area contributed by atoms with Gasteiger partial charge in [0, 0.05) is 23.0 Å². The van der Waals surface area contributed by atoms with Gasteiger partial charge in [-0.05, 0) is 56.0 Å². The van der Waals surface area contributed by atoms with Gasteiger partial charge in [0.1, 0.15) is 0 Å². The molecule has 1 aromatic carbocycles. The highest BCUT2D eigenvalue weighted by Gasteiger charge is 2.22. The molecule has 2 heterocycles. The van der Waals surface area contributed by atoms with E-state index >= 15 is 0 Å². The van der Waals surface area contributed by atoms with Gasteiger partial charge in [-0.15, -0.1) is 0 Å². The number of H-pyrrole nitrogens is 1. The zero-order valence-electron chi connectivity index (χ0n) is 13.9. The van der Waals surface area contributed by atoms with E-state index in [1.807, 2.05) is 25.1 Å². The van der Waals surface area contributed by atoms with E-state index in [-0.39, 0.29) is 17.5 Å². The van der Waals surface area contributed by atoms with Crippen LogP contribution in [0.25, 0.3) is 22.5 Å². The second-order valence-corrected chi connectivity index (χ2v) is 6.43. The zero-order valence-corrected chi connectivity index (χ0v) is 13.9. The number of aromatic nitrogens is 3. The largest absolute Gasteiger partial charge is 0.490 e. The summed E-state index contributed by atoms with van der Waals surface area (Å²) in [4.78, 5) is 11.6. The summed E-state index contributed by atoms with van der Waals surface area (Å²) in [5, 5.41) is 0. The quantitative estimate of drug-likeness (QED) is 0.738. The minimum atomic E-state index is -0.386. The summed E-state index contributed by atoms with van der Waals surface area (Å²) >= 11 is 0. The Bertz CT molecular complexity index is 918. The summed E-state index contributed by atoms with van der Waals surface area (Å²) in [6, 6.07) is 8.70. The molecule has 0 radical (unpaired) electrons. The van der Waals surface area contributed by atoms with E-state index in [4.69, 9.17) is 10.5 Å². The molecule has 25 heavy (non-hydrogen) atoms. The monoisotopic (exact) mass is 338 g/mol. The molecule has 0 unspecified atom stereocenters. The Morgan fingerprint density at radius 2 is 2.08 bits per heavy atom. The van der Waals surface area contributed by atoms with Gasteiger partial charge in [0.25, 0.3) is 0 Å². The van der Waals surface area contributed by atoms with Gasteiger partial charge in [-0.2, -0.15) is 0 Å². The average molecular weight is 338 g/mol. The maximum atomic E-state index is 14.4. The van der Waals surface area contributed by atoms with E-state index in [1.165, 1.54) is 18.9 Å². The summed E-state index contributed by atoms with van der Waals surface area (Å²) in [5.74, 6) is 0.759. The van der Waals surface area contributed by atoms with Crippen LogP contribution in [-0.2, 0) is 0 Å². The fourth-order valence-electron chi connectivity index (χ4n) is 2.77. The number of halogens is 1. The van der Waals surface area contributed by atoms with E-state index in [0.717, 1.165) is 11.3 Å². The van der Waals surface area contributed by atoms with Crippen LogP contribution in [0.1, 0.15) is 18.5 Å². The molecule has 1 aliphatic carbocycles. The number of hydrogen-bond acceptors (Lipinski definition) is 4. The summed E-state index contributed by atoms with van der Waals surface area (Å²) in [6.45, 7) is 2.49. The SMILES string of the molecule is Cc1cc(-c2nc(N)[nH]c2-c2ccc(OCC3CC3)c(F)c2)ccn1. The molecule has 0 atom stereocenters. The highest BCUT2D eigenvalue weighted by molar-refractivity contribution is 5.80. The fourth-order valence-corrected chi connectivity index (χ4v) is 2.77. The summed E-state index contributed by atoms with van der Waals surface area (Å²) in [5.41, 5.74) is 9.62. The number of benzene rings is 1. The van der Waals surface area contributed by atoms with Gasteiger partial charge in [0.2, 0.25) is 0 Å². The molecule has 4 rings (SSSR count). The topological polar surface area (TPSA) is 76.8 Å². The number of nitrogens with zero attached hydrogens (tertiary/aromatic N) is 2. The number of pyridine rings is 1. The van der Waals surface area contributed by atoms with Crippen LogP contribution < -0.4 is 10.5 Å². The summed E-state index contributed by atoms with van der Waals surface area (Å²) in [6.07, 6.45) is 4.05. The third-order valence-electron chi connectivity index (χ3n) is 4.28. The van der Waals surface area contributed by atoms with E-state index in [2.05, 4.69) is 15.0 Å². The molecule has 128 valence electrons. The number of hydrogen-bond donors (Lipinski definition) is 2. The fraction of sp³-hybridized carbons (Fsp3) is 0.263. The molecule has 3 aromatic rings. The molecule has 0 amide bonds. The predicted molar refractivity (Wildman–Crippen MR) is 94.6 cm³/mol. The van der Waals surface area contributed by atoms with Crippen LogP contribution in [0.2, 0.25) is 0 Å². The van der Waals surface area contributed by atoms with Crippen molar-refractivity contribution >= 4 is 5.95 Å². The van der Waals surface area contributed by atoms with Crippen molar-refractivity contribution < 1.29 is 9.13 Å². The molecular weight excluding hydrogens is 319 g/mol. The Morgan fingerprint density at radius 3 is 2.80 bits per heavy atom. The second kappa shape index (κ2) is 6.20. The van der Waals surface area contributed by atoms with Crippen LogP contribution in [0.4, 0.5) is 10.3 Å². The highest BCUT2D eigenvalue weighted by Crippen LogP contribution is 2.34. The van der Waals surface area contributed by atoms with Gasteiger partial charge < -0.3 is 15.5 Å². The number of rotatable bonds is 5. The lowest BCUT2D eigenvalue weighted by Crippen LogP contribution is -2.00. The Morgan fingerprint density at radius 1 is 1.24 bits per heavy atom. The van der Waals surface area contributed by atoms with E-state index < -0.39 is 0 Å². The second-order valence-electron chi connectivity index (χ2n) is 6.43. The first kappa shape index (κ1) is 15.6. The van der Waals surface area contributed by atoms with Crippen LogP contribution in [0.5, 0.6) is 5.75 Å². The number of ether oxygens (including phenoxy) is 1. The van der Waals surface area contributed by atoms with E-state index in [1.54, 1.807) is 12.3 Å². The van der Waals surface area contributed by atoms with Crippen molar-refractivity contribution in [3.63, 3.8) is 0 Å². The maximum Gasteiger partial charge on any atom is 0.198 e. The molecule has 1 aliphatic rings. The van der Waals surface area contributed by atoms with Crippen molar-refractivity contribution in [3.05, 3.63) is 48.0 Å². The van der Waals surface area contributed by atoms with Gasteiger partial charge in [0.15, 0.2) is 17.5 Å². The van der Waals surface area contributed by atoms with Crippen LogP contribution in [0.15, 0.2) is 36.5 Å². The number of nitrogens with one attached hydrogen (secondary N) is 1. The van der Waals surface area contributed by atoms with Crippen molar-refractivity contribution in [1.29, 1.82) is 0 Å². The molecule has 3 N–H and O–H groups in total.